The van der Waals surface area contributed by atoms with E-state index in [-0.39, 0.29) is 18.9 Å². The Bertz CT molecular complexity index is 607. The molecule has 0 fully saturated rings. The number of carbonyl (C=O) groups excluding carboxylic acids is 1. The summed E-state index contributed by atoms with van der Waals surface area (Å²) in [6.45, 7) is 0.118. The van der Waals surface area contributed by atoms with Crippen LogP contribution in [-0.4, -0.2) is 33.3 Å². The van der Waals surface area contributed by atoms with Gasteiger partial charge >= 0.3 is 5.97 Å². The van der Waals surface area contributed by atoms with Gasteiger partial charge in [-0.05, 0) is 12.1 Å². The number of hydrogen-bond acceptors (Lipinski definition) is 3. The van der Waals surface area contributed by atoms with Crippen LogP contribution in [0.25, 0.3) is 0 Å². The first-order valence-corrected chi connectivity index (χ1v) is 6.15. The molecule has 2 aromatic rings. The maximum atomic E-state index is 12.5. The van der Waals surface area contributed by atoms with Gasteiger partial charge in [0, 0.05) is 25.5 Å². The summed E-state index contributed by atoms with van der Waals surface area (Å²) in [5.41, 5.74) is 1.10. The van der Waals surface area contributed by atoms with Gasteiger partial charge in [-0.2, -0.15) is 5.10 Å². The van der Waals surface area contributed by atoms with Gasteiger partial charge in [0.2, 0.25) is 0 Å². The molecule has 1 heterocycles. The van der Waals surface area contributed by atoms with Gasteiger partial charge in [0.15, 0.2) is 0 Å². The van der Waals surface area contributed by atoms with Crippen LogP contribution in [0, 0.1) is 0 Å². The van der Waals surface area contributed by atoms with Gasteiger partial charge in [-0.3, -0.25) is 14.3 Å². The summed E-state index contributed by atoms with van der Waals surface area (Å²) in [5.74, 6) is -1.20. The summed E-state index contributed by atoms with van der Waals surface area (Å²) in [4.78, 5) is 24.6. The monoisotopic (exact) mass is 273 g/mol. The highest BCUT2D eigenvalue weighted by Gasteiger charge is 2.19. The van der Waals surface area contributed by atoms with Crippen molar-refractivity contribution in [3.05, 3.63) is 48.3 Å². The van der Waals surface area contributed by atoms with Gasteiger partial charge in [-0.25, -0.2) is 0 Å². The highest BCUT2D eigenvalue weighted by atomic mass is 16.4. The Morgan fingerprint density at radius 1 is 1.30 bits per heavy atom. The first-order chi connectivity index (χ1) is 9.58. The van der Waals surface area contributed by atoms with E-state index in [2.05, 4.69) is 5.10 Å². The van der Waals surface area contributed by atoms with Gasteiger partial charge in [-0.15, -0.1) is 0 Å². The Kier molecular flexibility index (Phi) is 4.14. The Hall–Kier alpha value is -2.63. The molecule has 1 amide bonds. The Labute approximate surface area is 116 Å². The van der Waals surface area contributed by atoms with Gasteiger partial charge in [0.1, 0.15) is 0 Å². The molecule has 0 aliphatic rings. The van der Waals surface area contributed by atoms with Gasteiger partial charge in [-0.1, -0.05) is 18.2 Å². The third kappa shape index (κ3) is 3.23. The molecule has 0 spiro atoms. The quantitative estimate of drug-likeness (QED) is 0.896. The third-order valence-corrected chi connectivity index (χ3v) is 2.81. The van der Waals surface area contributed by atoms with Crippen LogP contribution in [0.4, 0.5) is 5.69 Å². The van der Waals surface area contributed by atoms with Crippen LogP contribution < -0.4 is 4.90 Å². The molecule has 0 saturated heterocycles. The minimum absolute atomic E-state index is 0.110. The molecule has 6 nitrogen and oxygen atoms in total. The SMILES string of the molecule is Cn1cc(C(=O)N(CCC(=O)O)c2ccccc2)cn1. The second kappa shape index (κ2) is 6.01. The number of anilines is 1. The minimum Gasteiger partial charge on any atom is -0.481 e. The van der Waals surface area contributed by atoms with E-state index in [1.165, 1.54) is 15.8 Å². The molecule has 1 aromatic carbocycles. The lowest BCUT2D eigenvalue weighted by Gasteiger charge is -2.21. The third-order valence-electron chi connectivity index (χ3n) is 2.81. The first kappa shape index (κ1) is 13.8. The van der Waals surface area contributed by atoms with Crippen molar-refractivity contribution in [3.63, 3.8) is 0 Å². The lowest BCUT2D eigenvalue weighted by molar-refractivity contribution is -0.136. The standard InChI is InChI=1S/C14H15N3O3/c1-16-10-11(9-15-16)14(20)17(8-7-13(18)19)12-5-3-2-4-6-12/h2-6,9-10H,7-8H2,1H3,(H,18,19). The zero-order chi connectivity index (χ0) is 14.5. The summed E-state index contributed by atoms with van der Waals surface area (Å²) < 4.78 is 1.54. The van der Waals surface area contributed by atoms with Crippen LogP contribution in [0.2, 0.25) is 0 Å². The van der Waals surface area contributed by atoms with Crippen LogP contribution in [0.3, 0.4) is 0 Å². The molecular weight excluding hydrogens is 258 g/mol. The fraction of sp³-hybridized carbons (Fsp3) is 0.214. The molecule has 0 unspecified atom stereocenters. The van der Waals surface area contributed by atoms with Crippen molar-refractivity contribution in [1.82, 2.24) is 9.78 Å². The number of rotatable bonds is 5. The second-order valence-corrected chi connectivity index (χ2v) is 4.34. The number of carboxylic acids is 1. The molecule has 0 saturated carbocycles. The van der Waals surface area contributed by atoms with Crippen LogP contribution in [0.5, 0.6) is 0 Å². The molecule has 0 aliphatic heterocycles. The number of aryl methyl sites for hydroxylation is 1. The zero-order valence-corrected chi connectivity index (χ0v) is 11.1. The van der Waals surface area contributed by atoms with Crippen LogP contribution in [-0.2, 0) is 11.8 Å². The van der Waals surface area contributed by atoms with Crippen molar-refractivity contribution in [2.45, 2.75) is 6.42 Å². The molecule has 20 heavy (non-hydrogen) atoms. The van der Waals surface area contributed by atoms with Crippen molar-refractivity contribution in [2.75, 3.05) is 11.4 Å². The van der Waals surface area contributed by atoms with E-state index < -0.39 is 5.97 Å². The number of hydrogen-bond donors (Lipinski definition) is 1. The Morgan fingerprint density at radius 3 is 2.55 bits per heavy atom. The fourth-order valence-corrected chi connectivity index (χ4v) is 1.85. The molecule has 1 aromatic heterocycles. The van der Waals surface area contributed by atoms with E-state index in [9.17, 15) is 9.59 Å². The predicted octanol–water partition coefficient (Wildman–Crippen LogP) is 1.54. The smallest absolute Gasteiger partial charge is 0.305 e. The van der Waals surface area contributed by atoms with E-state index in [1.807, 2.05) is 6.07 Å². The number of carbonyl (C=O) groups is 2. The summed E-state index contributed by atoms with van der Waals surface area (Å²) in [6.07, 6.45) is 2.97. The second-order valence-electron chi connectivity index (χ2n) is 4.34. The van der Waals surface area contributed by atoms with Gasteiger partial charge in [0.25, 0.3) is 5.91 Å². The van der Waals surface area contributed by atoms with E-state index in [0.29, 0.717) is 11.3 Å². The predicted molar refractivity (Wildman–Crippen MR) is 73.6 cm³/mol. The molecule has 0 radical (unpaired) electrons. The van der Waals surface area contributed by atoms with Crippen LogP contribution >= 0.6 is 0 Å². The van der Waals surface area contributed by atoms with Crippen molar-refractivity contribution in [3.8, 4) is 0 Å². The summed E-state index contributed by atoms with van der Waals surface area (Å²) in [6, 6.07) is 9.00. The summed E-state index contributed by atoms with van der Waals surface area (Å²) >= 11 is 0. The molecule has 2 rings (SSSR count). The maximum absolute atomic E-state index is 12.5. The van der Waals surface area contributed by atoms with Gasteiger partial charge < -0.3 is 10.0 Å². The molecule has 104 valence electrons. The minimum atomic E-state index is -0.940. The lowest BCUT2D eigenvalue weighted by atomic mass is 10.2. The number of amides is 1. The van der Waals surface area contributed by atoms with Crippen molar-refractivity contribution in [2.24, 2.45) is 7.05 Å². The van der Waals surface area contributed by atoms with Gasteiger partial charge in [0.05, 0.1) is 18.2 Å². The number of carboxylic acid groups (broad SMARTS) is 1. The summed E-state index contributed by atoms with van der Waals surface area (Å²) in [5, 5.41) is 12.8. The first-order valence-electron chi connectivity index (χ1n) is 6.15. The van der Waals surface area contributed by atoms with Crippen molar-refractivity contribution in [1.29, 1.82) is 0 Å². The highest BCUT2D eigenvalue weighted by Crippen LogP contribution is 2.17. The number of nitrogens with zero attached hydrogens (tertiary/aromatic N) is 3. The average Bonchev–Trinajstić information content (AvgIpc) is 2.86. The molecular formula is C14H15N3O3. The highest BCUT2D eigenvalue weighted by molar-refractivity contribution is 6.06. The van der Waals surface area contributed by atoms with E-state index in [0.717, 1.165) is 0 Å². The summed E-state index contributed by atoms with van der Waals surface area (Å²) in [7, 11) is 1.72. The average molecular weight is 273 g/mol. The lowest BCUT2D eigenvalue weighted by Crippen LogP contribution is -2.32. The molecule has 0 bridgehead atoms. The van der Waals surface area contributed by atoms with Crippen LogP contribution in [0.15, 0.2) is 42.7 Å². The Morgan fingerprint density at radius 2 is 2.00 bits per heavy atom. The Balaban J connectivity index is 2.26. The van der Waals surface area contributed by atoms with E-state index in [1.54, 1.807) is 37.5 Å². The number of benzene rings is 1. The fourth-order valence-electron chi connectivity index (χ4n) is 1.85. The van der Waals surface area contributed by atoms with Crippen molar-refractivity contribution < 1.29 is 14.7 Å². The number of aromatic nitrogens is 2. The van der Waals surface area contributed by atoms with Crippen molar-refractivity contribution >= 4 is 17.6 Å². The van der Waals surface area contributed by atoms with E-state index >= 15 is 0 Å². The normalized spacial score (nSPS) is 10.2. The largest absolute Gasteiger partial charge is 0.481 e. The number of aliphatic carboxylic acids is 1. The molecule has 1 N–H and O–H groups in total. The zero-order valence-electron chi connectivity index (χ0n) is 11.1. The topological polar surface area (TPSA) is 75.4 Å². The van der Waals surface area contributed by atoms with E-state index in [4.69, 9.17) is 5.11 Å². The molecule has 0 aliphatic carbocycles. The molecule has 6 heteroatoms. The van der Waals surface area contributed by atoms with Crippen LogP contribution in [0.1, 0.15) is 16.8 Å². The maximum Gasteiger partial charge on any atom is 0.305 e. The molecule has 0 atom stereocenters. The number of para-hydroxylation sites is 1.